The number of amides is 1. The number of carbonyl (C=O) groups is 1. The molecule has 1 N–H and O–H groups in total. The average molecular weight is 267 g/mol. The summed E-state index contributed by atoms with van der Waals surface area (Å²) in [6, 6.07) is 0. The molecule has 0 aromatic carbocycles. The number of nitrogens with zero attached hydrogens (tertiary/aromatic N) is 1. The molecule has 0 radical (unpaired) electrons. The standard InChI is InChI=1S/C16H29NO2/c1-16(2)10-11-17(12-14(16)18)15(19)9-8-13-6-4-3-5-7-13/h13-14,18H,3-12H2,1-2H3. The quantitative estimate of drug-likeness (QED) is 0.854. The lowest BCUT2D eigenvalue weighted by molar-refractivity contribution is -0.138. The SMILES string of the molecule is CC1(C)CCN(C(=O)CCC2CCCCC2)CC1O. The second-order valence-corrected chi connectivity index (χ2v) is 7.14. The van der Waals surface area contributed by atoms with Crippen molar-refractivity contribution in [3.8, 4) is 0 Å². The van der Waals surface area contributed by atoms with Crippen LogP contribution in [0.15, 0.2) is 0 Å². The third-order valence-electron chi connectivity index (χ3n) is 5.17. The van der Waals surface area contributed by atoms with E-state index in [1.807, 2.05) is 4.90 Å². The summed E-state index contributed by atoms with van der Waals surface area (Å²) in [5.41, 5.74) is -0.0415. The Bertz CT molecular complexity index is 308. The number of rotatable bonds is 3. The normalized spacial score (nSPS) is 28.4. The number of carbonyl (C=O) groups excluding carboxylic acids is 1. The van der Waals surface area contributed by atoms with E-state index in [-0.39, 0.29) is 17.4 Å². The van der Waals surface area contributed by atoms with Gasteiger partial charge in [0.15, 0.2) is 0 Å². The van der Waals surface area contributed by atoms with Crippen LogP contribution in [-0.2, 0) is 4.79 Å². The molecule has 110 valence electrons. The molecule has 19 heavy (non-hydrogen) atoms. The summed E-state index contributed by atoms with van der Waals surface area (Å²) in [5.74, 6) is 1.02. The Labute approximate surface area is 117 Å². The smallest absolute Gasteiger partial charge is 0.222 e. The fourth-order valence-corrected chi connectivity index (χ4v) is 3.32. The van der Waals surface area contributed by atoms with E-state index >= 15 is 0 Å². The minimum atomic E-state index is -0.375. The van der Waals surface area contributed by atoms with Crippen LogP contribution >= 0.6 is 0 Å². The highest BCUT2D eigenvalue weighted by Gasteiger charge is 2.35. The van der Waals surface area contributed by atoms with Gasteiger partial charge in [-0.3, -0.25) is 4.79 Å². The van der Waals surface area contributed by atoms with Gasteiger partial charge in [-0.05, 0) is 24.2 Å². The van der Waals surface area contributed by atoms with Crippen LogP contribution in [0.3, 0.4) is 0 Å². The van der Waals surface area contributed by atoms with E-state index < -0.39 is 0 Å². The Morgan fingerprint density at radius 3 is 2.58 bits per heavy atom. The number of aliphatic hydroxyl groups excluding tert-OH is 1. The average Bonchev–Trinajstić information content (AvgIpc) is 2.40. The predicted molar refractivity (Wildman–Crippen MR) is 76.8 cm³/mol. The van der Waals surface area contributed by atoms with E-state index in [4.69, 9.17) is 0 Å². The highest BCUT2D eigenvalue weighted by atomic mass is 16.3. The minimum absolute atomic E-state index is 0.0415. The van der Waals surface area contributed by atoms with Crippen LogP contribution in [0.25, 0.3) is 0 Å². The first-order chi connectivity index (χ1) is 8.99. The fourth-order valence-electron chi connectivity index (χ4n) is 3.32. The first-order valence-electron chi connectivity index (χ1n) is 7.95. The van der Waals surface area contributed by atoms with Crippen LogP contribution in [0.4, 0.5) is 0 Å². The Morgan fingerprint density at radius 2 is 1.95 bits per heavy atom. The van der Waals surface area contributed by atoms with Gasteiger partial charge in [-0.25, -0.2) is 0 Å². The summed E-state index contributed by atoms with van der Waals surface area (Å²) in [4.78, 5) is 14.1. The zero-order valence-electron chi connectivity index (χ0n) is 12.5. The monoisotopic (exact) mass is 267 g/mol. The van der Waals surface area contributed by atoms with Crippen molar-refractivity contribution in [2.75, 3.05) is 13.1 Å². The zero-order chi connectivity index (χ0) is 13.9. The summed E-state index contributed by atoms with van der Waals surface area (Å²) in [6.07, 6.45) is 8.94. The summed E-state index contributed by atoms with van der Waals surface area (Å²) < 4.78 is 0. The molecule has 0 bridgehead atoms. The first kappa shape index (κ1) is 14.8. The van der Waals surface area contributed by atoms with Crippen LogP contribution in [0, 0.1) is 11.3 Å². The molecule has 1 unspecified atom stereocenters. The lowest BCUT2D eigenvalue weighted by atomic mass is 9.80. The highest BCUT2D eigenvalue weighted by molar-refractivity contribution is 5.76. The lowest BCUT2D eigenvalue weighted by Crippen LogP contribution is -2.50. The third-order valence-corrected chi connectivity index (χ3v) is 5.17. The van der Waals surface area contributed by atoms with Crippen LogP contribution in [0.1, 0.15) is 65.2 Å². The van der Waals surface area contributed by atoms with Gasteiger partial charge < -0.3 is 10.0 Å². The summed E-state index contributed by atoms with van der Waals surface area (Å²) in [7, 11) is 0. The second kappa shape index (κ2) is 6.25. The number of aliphatic hydroxyl groups is 1. The van der Waals surface area contributed by atoms with Crippen LogP contribution in [-0.4, -0.2) is 35.1 Å². The van der Waals surface area contributed by atoms with E-state index in [0.29, 0.717) is 13.0 Å². The number of hydrogen-bond donors (Lipinski definition) is 1. The molecule has 1 saturated carbocycles. The predicted octanol–water partition coefficient (Wildman–Crippen LogP) is 2.97. The molecule has 2 fully saturated rings. The topological polar surface area (TPSA) is 40.5 Å². The Kier molecular flexibility index (Phi) is 4.88. The van der Waals surface area contributed by atoms with E-state index in [2.05, 4.69) is 13.8 Å². The minimum Gasteiger partial charge on any atom is -0.391 e. The Balaban J connectivity index is 1.74. The maximum absolute atomic E-state index is 12.2. The molecule has 3 heteroatoms. The van der Waals surface area contributed by atoms with Crippen molar-refractivity contribution in [2.24, 2.45) is 11.3 Å². The molecular weight excluding hydrogens is 238 g/mol. The molecule has 1 amide bonds. The van der Waals surface area contributed by atoms with Crippen molar-refractivity contribution in [1.82, 2.24) is 4.90 Å². The summed E-state index contributed by atoms with van der Waals surface area (Å²) >= 11 is 0. The maximum Gasteiger partial charge on any atom is 0.222 e. The number of likely N-dealkylation sites (tertiary alicyclic amines) is 1. The van der Waals surface area contributed by atoms with Crippen LogP contribution < -0.4 is 0 Å². The Morgan fingerprint density at radius 1 is 1.26 bits per heavy atom. The van der Waals surface area contributed by atoms with Crippen molar-refractivity contribution in [1.29, 1.82) is 0 Å². The third kappa shape index (κ3) is 3.95. The molecule has 3 nitrogen and oxygen atoms in total. The van der Waals surface area contributed by atoms with Gasteiger partial charge >= 0.3 is 0 Å². The van der Waals surface area contributed by atoms with Gasteiger partial charge in [-0.2, -0.15) is 0 Å². The van der Waals surface area contributed by atoms with Gasteiger partial charge in [0.2, 0.25) is 5.91 Å². The molecule has 2 aliphatic rings. The number of piperidine rings is 1. The van der Waals surface area contributed by atoms with Crippen molar-refractivity contribution < 1.29 is 9.90 Å². The van der Waals surface area contributed by atoms with E-state index in [1.165, 1.54) is 32.1 Å². The van der Waals surface area contributed by atoms with Gasteiger partial charge in [0.25, 0.3) is 0 Å². The fraction of sp³-hybridized carbons (Fsp3) is 0.938. The highest BCUT2D eigenvalue weighted by Crippen LogP contribution is 2.31. The summed E-state index contributed by atoms with van der Waals surface area (Å²) in [6.45, 7) is 5.51. The molecule has 1 heterocycles. The molecule has 1 aliphatic heterocycles. The van der Waals surface area contributed by atoms with Crippen molar-refractivity contribution in [2.45, 2.75) is 71.3 Å². The second-order valence-electron chi connectivity index (χ2n) is 7.14. The van der Waals surface area contributed by atoms with E-state index in [0.717, 1.165) is 25.3 Å². The lowest BCUT2D eigenvalue weighted by Gasteiger charge is -2.41. The van der Waals surface area contributed by atoms with Gasteiger partial charge in [-0.1, -0.05) is 46.0 Å². The van der Waals surface area contributed by atoms with Gasteiger partial charge in [0.05, 0.1) is 6.10 Å². The van der Waals surface area contributed by atoms with Crippen molar-refractivity contribution in [3.63, 3.8) is 0 Å². The van der Waals surface area contributed by atoms with Gasteiger partial charge in [0.1, 0.15) is 0 Å². The number of β-amino-alcohol motifs (C(OH)–C–C–N with tert-alkyl or cyclic N) is 1. The van der Waals surface area contributed by atoms with Crippen LogP contribution in [0.5, 0.6) is 0 Å². The van der Waals surface area contributed by atoms with Crippen LogP contribution in [0.2, 0.25) is 0 Å². The van der Waals surface area contributed by atoms with Gasteiger partial charge in [0, 0.05) is 19.5 Å². The number of hydrogen-bond acceptors (Lipinski definition) is 2. The van der Waals surface area contributed by atoms with Crippen molar-refractivity contribution >= 4 is 5.91 Å². The Hall–Kier alpha value is -0.570. The summed E-state index contributed by atoms with van der Waals surface area (Å²) in [5, 5.41) is 10.1. The van der Waals surface area contributed by atoms with E-state index in [1.54, 1.807) is 0 Å². The molecule has 1 aliphatic carbocycles. The van der Waals surface area contributed by atoms with Gasteiger partial charge in [-0.15, -0.1) is 0 Å². The molecule has 2 rings (SSSR count). The first-order valence-corrected chi connectivity index (χ1v) is 7.95. The maximum atomic E-state index is 12.2. The molecule has 1 atom stereocenters. The largest absolute Gasteiger partial charge is 0.391 e. The molecule has 0 aromatic rings. The molecule has 1 saturated heterocycles. The molecular formula is C16H29NO2. The zero-order valence-corrected chi connectivity index (χ0v) is 12.5. The molecule has 0 aromatic heterocycles. The van der Waals surface area contributed by atoms with E-state index in [9.17, 15) is 9.90 Å². The van der Waals surface area contributed by atoms with Crippen molar-refractivity contribution in [3.05, 3.63) is 0 Å². The molecule has 0 spiro atoms.